The lowest BCUT2D eigenvalue weighted by Crippen LogP contribution is -1.90. The maximum absolute atomic E-state index is 9.37. The lowest BCUT2D eigenvalue weighted by atomic mass is 10.0. The van der Waals surface area contributed by atoms with Crippen molar-refractivity contribution in [1.29, 1.82) is 0 Å². The standard InChI is InChI=1S/C16H18O2/c1-18-16-10-8-13(9-11-16)4-2-5-14-6-3-7-15(17)12-14/h3,6-12,17H,2,4-5H2,1H3. The first kappa shape index (κ1) is 12.5. The summed E-state index contributed by atoms with van der Waals surface area (Å²) in [5.74, 6) is 1.24. The van der Waals surface area contributed by atoms with E-state index in [1.54, 1.807) is 13.2 Å². The third kappa shape index (κ3) is 3.52. The Hall–Kier alpha value is -1.96. The van der Waals surface area contributed by atoms with Crippen LogP contribution in [0, 0.1) is 0 Å². The summed E-state index contributed by atoms with van der Waals surface area (Å²) in [6.45, 7) is 0. The zero-order valence-electron chi connectivity index (χ0n) is 10.6. The van der Waals surface area contributed by atoms with Crippen LogP contribution >= 0.6 is 0 Å². The van der Waals surface area contributed by atoms with Crippen molar-refractivity contribution in [3.8, 4) is 11.5 Å². The lowest BCUT2D eigenvalue weighted by Gasteiger charge is -2.04. The second kappa shape index (κ2) is 6.10. The molecule has 0 amide bonds. The third-order valence-electron chi connectivity index (χ3n) is 3.00. The number of phenols is 1. The van der Waals surface area contributed by atoms with Crippen LogP contribution in [-0.4, -0.2) is 12.2 Å². The van der Waals surface area contributed by atoms with Gasteiger partial charge < -0.3 is 9.84 Å². The van der Waals surface area contributed by atoms with Gasteiger partial charge in [0.25, 0.3) is 0 Å². The van der Waals surface area contributed by atoms with Crippen molar-refractivity contribution in [3.05, 3.63) is 59.7 Å². The van der Waals surface area contributed by atoms with Crippen molar-refractivity contribution in [2.75, 3.05) is 7.11 Å². The summed E-state index contributed by atoms with van der Waals surface area (Å²) < 4.78 is 5.13. The normalized spacial score (nSPS) is 10.3. The van der Waals surface area contributed by atoms with E-state index in [4.69, 9.17) is 4.74 Å². The van der Waals surface area contributed by atoms with Crippen LogP contribution in [0.5, 0.6) is 11.5 Å². The van der Waals surface area contributed by atoms with Crippen molar-refractivity contribution in [1.82, 2.24) is 0 Å². The van der Waals surface area contributed by atoms with Crippen molar-refractivity contribution in [2.24, 2.45) is 0 Å². The Kier molecular flexibility index (Phi) is 4.24. The van der Waals surface area contributed by atoms with Gasteiger partial charge in [0, 0.05) is 0 Å². The van der Waals surface area contributed by atoms with Gasteiger partial charge in [0.15, 0.2) is 0 Å². The molecule has 2 aromatic rings. The molecule has 0 saturated heterocycles. The number of benzene rings is 2. The molecule has 2 rings (SSSR count). The highest BCUT2D eigenvalue weighted by Crippen LogP contribution is 2.15. The zero-order valence-corrected chi connectivity index (χ0v) is 10.6. The summed E-state index contributed by atoms with van der Waals surface area (Å²) in [5.41, 5.74) is 2.50. The van der Waals surface area contributed by atoms with Crippen molar-refractivity contribution in [2.45, 2.75) is 19.3 Å². The minimum atomic E-state index is 0.344. The summed E-state index contributed by atoms with van der Waals surface area (Å²) in [5, 5.41) is 9.37. The first-order chi connectivity index (χ1) is 8.78. The third-order valence-corrected chi connectivity index (χ3v) is 3.00. The topological polar surface area (TPSA) is 29.5 Å². The Balaban J connectivity index is 1.84. The number of hydrogen-bond acceptors (Lipinski definition) is 2. The maximum Gasteiger partial charge on any atom is 0.118 e. The molecule has 2 aromatic carbocycles. The molecule has 0 aliphatic rings. The predicted molar refractivity (Wildman–Crippen MR) is 73.1 cm³/mol. The zero-order chi connectivity index (χ0) is 12.8. The molecule has 0 saturated carbocycles. The number of phenolic OH excluding ortho intramolecular Hbond substituents is 1. The molecule has 0 heterocycles. The highest BCUT2D eigenvalue weighted by atomic mass is 16.5. The molecule has 0 aliphatic carbocycles. The van der Waals surface area contributed by atoms with Crippen LogP contribution in [0.25, 0.3) is 0 Å². The van der Waals surface area contributed by atoms with Crippen LogP contribution in [-0.2, 0) is 12.8 Å². The number of hydrogen-bond donors (Lipinski definition) is 1. The van der Waals surface area contributed by atoms with E-state index in [0.29, 0.717) is 5.75 Å². The molecule has 0 bridgehead atoms. The summed E-state index contributed by atoms with van der Waals surface area (Å²) in [7, 11) is 1.68. The number of rotatable bonds is 5. The average molecular weight is 242 g/mol. The van der Waals surface area contributed by atoms with Gasteiger partial charge in [0.2, 0.25) is 0 Å². The van der Waals surface area contributed by atoms with E-state index in [-0.39, 0.29) is 0 Å². The number of ether oxygens (including phenoxy) is 1. The van der Waals surface area contributed by atoms with Crippen LogP contribution < -0.4 is 4.74 Å². The van der Waals surface area contributed by atoms with E-state index in [1.807, 2.05) is 30.3 Å². The van der Waals surface area contributed by atoms with Crippen molar-refractivity contribution in [3.63, 3.8) is 0 Å². The molecule has 0 atom stereocenters. The van der Waals surface area contributed by atoms with Crippen molar-refractivity contribution >= 4 is 0 Å². The molecule has 0 aliphatic heterocycles. The minimum Gasteiger partial charge on any atom is -0.508 e. The van der Waals surface area contributed by atoms with E-state index < -0.39 is 0 Å². The van der Waals surface area contributed by atoms with Gasteiger partial charge in [-0.1, -0.05) is 24.3 Å². The molecule has 0 fully saturated rings. The molecule has 0 spiro atoms. The molecular weight excluding hydrogens is 224 g/mol. The lowest BCUT2D eigenvalue weighted by molar-refractivity contribution is 0.414. The Bertz CT molecular complexity index is 489. The SMILES string of the molecule is COc1ccc(CCCc2cccc(O)c2)cc1. The van der Waals surface area contributed by atoms with Crippen LogP contribution in [0.4, 0.5) is 0 Å². The van der Waals surface area contributed by atoms with Crippen LogP contribution in [0.2, 0.25) is 0 Å². The van der Waals surface area contributed by atoms with Crippen LogP contribution in [0.1, 0.15) is 17.5 Å². The molecule has 2 nitrogen and oxygen atoms in total. The van der Waals surface area contributed by atoms with E-state index in [1.165, 1.54) is 11.1 Å². The molecule has 94 valence electrons. The van der Waals surface area contributed by atoms with Crippen molar-refractivity contribution < 1.29 is 9.84 Å². The fourth-order valence-corrected chi connectivity index (χ4v) is 2.00. The summed E-state index contributed by atoms with van der Waals surface area (Å²) in [6, 6.07) is 15.6. The molecule has 0 unspecified atom stereocenters. The van der Waals surface area contributed by atoms with E-state index in [2.05, 4.69) is 12.1 Å². The quantitative estimate of drug-likeness (QED) is 0.868. The predicted octanol–water partition coefficient (Wildman–Crippen LogP) is 3.58. The average Bonchev–Trinajstić information content (AvgIpc) is 2.40. The summed E-state index contributed by atoms with van der Waals surface area (Å²) in [4.78, 5) is 0. The van der Waals surface area contributed by atoms with Gasteiger partial charge in [0.05, 0.1) is 7.11 Å². The maximum atomic E-state index is 9.37. The van der Waals surface area contributed by atoms with E-state index >= 15 is 0 Å². The summed E-state index contributed by atoms with van der Waals surface area (Å²) >= 11 is 0. The Morgan fingerprint density at radius 3 is 2.33 bits per heavy atom. The number of methoxy groups -OCH3 is 1. The first-order valence-electron chi connectivity index (χ1n) is 6.19. The molecule has 18 heavy (non-hydrogen) atoms. The minimum absolute atomic E-state index is 0.344. The molecule has 1 N–H and O–H groups in total. The monoisotopic (exact) mass is 242 g/mol. The first-order valence-corrected chi connectivity index (χ1v) is 6.19. The highest BCUT2D eigenvalue weighted by molar-refractivity contribution is 5.28. The summed E-state index contributed by atoms with van der Waals surface area (Å²) in [6.07, 6.45) is 3.11. The molecule has 0 radical (unpaired) electrons. The fraction of sp³-hybridized carbons (Fsp3) is 0.250. The second-order valence-corrected chi connectivity index (χ2v) is 4.37. The van der Waals surface area contributed by atoms with Gasteiger partial charge in [-0.15, -0.1) is 0 Å². The smallest absolute Gasteiger partial charge is 0.118 e. The van der Waals surface area contributed by atoms with Crippen LogP contribution in [0.3, 0.4) is 0 Å². The van der Waals surface area contributed by atoms with Crippen LogP contribution in [0.15, 0.2) is 48.5 Å². The van der Waals surface area contributed by atoms with Gasteiger partial charge in [-0.25, -0.2) is 0 Å². The van der Waals surface area contributed by atoms with Gasteiger partial charge in [0.1, 0.15) is 11.5 Å². The second-order valence-electron chi connectivity index (χ2n) is 4.37. The Labute approximate surface area is 108 Å². The molecular formula is C16H18O2. The fourth-order valence-electron chi connectivity index (χ4n) is 2.00. The van der Waals surface area contributed by atoms with Gasteiger partial charge >= 0.3 is 0 Å². The van der Waals surface area contributed by atoms with Gasteiger partial charge in [-0.3, -0.25) is 0 Å². The van der Waals surface area contributed by atoms with Gasteiger partial charge in [-0.2, -0.15) is 0 Å². The molecule has 2 heteroatoms. The largest absolute Gasteiger partial charge is 0.508 e. The number of aryl methyl sites for hydroxylation is 2. The van der Waals surface area contributed by atoms with Gasteiger partial charge in [-0.05, 0) is 54.7 Å². The highest BCUT2D eigenvalue weighted by Gasteiger charge is 1.97. The number of aromatic hydroxyl groups is 1. The Morgan fingerprint density at radius 2 is 1.67 bits per heavy atom. The Morgan fingerprint density at radius 1 is 0.944 bits per heavy atom. The van der Waals surface area contributed by atoms with E-state index in [9.17, 15) is 5.11 Å². The molecule has 0 aromatic heterocycles. The van der Waals surface area contributed by atoms with E-state index in [0.717, 1.165) is 25.0 Å².